The summed E-state index contributed by atoms with van der Waals surface area (Å²) in [6.07, 6.45) is 1.83. The van der Waals surface area contributed by atoms with Crippen LogP contribution in [0.15, 0.2) is 14.4 Å². The third-order valence-corrected chi connectivity index (χ3v) is 2.35. The standard InChI is InChI=1S/C8H16N6.C3H3N3O3/c1-2-4-11-5-3-6-12-7(9)14-8(10)13-6;7-1-4-2(8)6-3(9)5-1/h11H,2-5H2,1H3,(H4,9,10,12,13,14);(H3,4,5,6,7,8,9). The van der Waals surface area contributed by atoms with Gasteiger partial charge in [-0.1, -0.05) is 6.92 Å². The van der Waals surface area contributed by atoms with E-state index in [0.717, 1.165) is 25.9 Å². The lowest BCUT2D eigenvalue weighted by Crippen LogP contribution is -2.34. The van der Waals surface area contributed by atoms with Gasteiger partial charge in [-0.15, -0.1) is 0 Å². The first-order valence-electron chi connectivity index (χ1n) is 6.80. The highest BCUT2D eigenvalue weighted by Crippen LogP contribution is 1.98. The number of nitrogens with two attached hydrogens (primary N) is 2. The van der Waals surface area contributed by atoms with Crippen LogP contribution in [0.5, 0.6) is 0 Å². The molecule has 0 aliphatic heterocycles. The molecule has 0 amide bonds. The van der Waals surface area contributed by atoms with Crippen molar-refractivity contribution in [2.24, 2.45) is 0 Å². The number of hydrogen-bond donors (Lipinski definition) is 6. The highest BCUT2D eigenvalue weighted by Gasteiger charge is 2.00. The van der Waals surface area contributed by atoms with E-state index in [9.17, 15) is 14.4 Å². The molecule has 0 atom stereocenters. The van der Waals surface area contributed by atoms with E-state index in [-0.39, 0.29) is 11.9 Å². The van der Waals surface area contributed by atoms with E-state index in [1.165, 1.54) is 0 Å². The molecule has 2 aromatic heterocycles. The first kappa shape index (κ1) is 18.0. The summed E-state index contributed by atoms with van der Waals surface area (Å²) in [5.41, 5.74) is 8.45. The molecule has 0 aliphatic carbocycles. The van der Waals surface area contributed by atoms with E-state index in [4.69, 9.17) is 11.5 Å². The first-order valence-corrected chi connectivity index (χ1v) is 6.80. The molecule has 126 valence electrons. The van der Waals surface area contributed by atoms with Crippen molar-refractivity contribution in [3.8, 4) is 0 Å². The first-order chi connectivity index (χ1) is 10.9. The number of nitrogen functional groups attached to an aromatic ring is 2. The molecular weight excluding hydrogens is 306 g/mol. The lowest BCUT2D eigenvalue weighted by molar-refractivity contribution is 0.657. The zero-order chi connectivity index (χ0) is 17.2. The predicted molar refractivity (Wildman–Crippen MR) is 83.8 cm³/mol. The van der Waals surface area contributed by atoms with E-state index >= 15 is 0 Å². The van der Waals surface area contributed by atoms with E-state index in [2.05, 4.69) is 27.2 Å². The van der Waals surface area contributed by atoms with Gasteiger partial charge in [-0.25, -0.2) is 14.4 Å². The lowest BCUT2D eigenvalue weighted by Gasteiger charge is -2.03. The van der Waals surface area contributed by atoms with Crippen LogP contribution >= 0.6 is 0 Å². The molecular formula is C11H19N9O3. The smallest absolute Gasteiger partial charge is 0.330 e. The number of anilines is 2. The van der Waals surface area contributed by atoms with Crippen molar-refractivity contribution in [2.45, 2.75) is 19.8 Å². The van der Waals surface area contributed by atoms with Crippen molar-refractivity contribution < 1.29 is 0 Å². The average Bonchev–Trinajstić information content (AvgIpc) is 2.42. The van der Waals surface area contributed by atoms with Crippen LogP contribution in [0.4, 0.5) is 11.9 Å². The summed E-state index contributed by atoms with van der Waals surface area (Å²) in [6, 6.07) is 0. The van der Waals surface area contributed by atoms with Crippen LogP contribution in [0.2, 0.25) is 0 Å². The quantitative estimate of drug-likeness (QED) is 0.317. The van der Waals surface area contributed by atoms with Crippen LogP contribution < -0.4 is 33.9 Å². The van der Waals surface area contributed by atoms with Crippen LogP contribution in [-0.2, 0) is 6.42 Å². The van der Waals surface area contributed by atoms with Gasteiger partial charge in [0, 0.05) is 13.0 Å². The fourth-order valence-corrected chi connectivity index (χ4v) is 1.47. The zero-order valence-corrected chi connectivity index (χ0v) is 12.5. The predicted octanol–water partition coefficient (Wildman–Crippen LogP) is -2.67. The minimum Gasteiger partial charge on any atom is -0.368 e. The summed E-state index contributed by atoms with van der Waals surface area (Å²) in [6.45, 7) is 3.94. The Morgan fingerprint density at radius 2 is 1.35 bits per heavy atom. The van der Waals surface area contributed by atoms with Gasteiger partial charge < -0.3 is 16.8 Å². The number of nitrogens with zero attached hydrogens (tertiary/aromatic N) is 3. The van der Waals surface area contributed by atoms with E-state index in [0.29, 0.717) is 5.82 Å². The molecule has 0 radical (unpaired) electrons. The molecule has 0 unspecified atom stereocenters. The SMILES string of the molecule is CCCNCCc1nc(N)nc(N)n1.O=c1[nH]c(=O)[nH]c(=O)[nH]1. The number of aromatic amines is 3. The van der Waals surface area contributed by atoms with E-state index in [1.54, 1.807) is 15.0 Å². The summed E-state index contributed by atoms with van der Waals surface area (Å²) in [4.78, 5) is 47.5. The van der Waals surface area contributed by atoms with Crippen molar-refractivity contribution in [3.63, 3.8) is 0 Å². The second-order valence-electron chi connectivity index (χ2n) is 4.33. The Hall–Kier alpha value is -3.02. The summed E-state index contributed by atoms with van der Waals surface area (Å²) in [7, 11) is 0. The molecule has 0 fully saturated rings. The van der Waals surface area contributed by atoms with Gasteiger partial charge in [0.05, 0.1) is 0 Å². The Bertz CT molecular complexity index is 680. The van der Waals surface area contributed by atoms with Gasteiger partial charge in [0.25, 0.3) is 0 Å². The van der Waals surface area contributed by atoms with Gasteiger partial charge in [0.2, 0.25) is 11.9 Å². The van der Waals surface area contributed by atoms with Gasteiger partial charge >= 0.3 is 17.1 Å². The van der Waals surface area contributed by atoms with Crippen LogP contribution in [0.25, 0.3) is 0 Å². The number of rotatable bonds is 5. The van der Waals surface area contributed by atoms with E-state index < -0.39 is 17.1 Å². The number of aromatic nitrogens is 6. The molecule has 8 N–H and O–H groups in total. The molecule has 0 saturated heterocycles. The van der Waals surface area contributed by atoms with Crippen molar-refractivity contribution >= 4 is 11.9 Å². The zero-order valence-electron chi connectivity index (χ0n) is 12.5. The van der Waals surface area contributed by atoms with Crippen molar-refractivity contribution in [1.82, 2.24) is 35.2 Å². The number of H-pyrrole nitrogens is 3. The van der Waals surface area contributed by atoms with Crippen LogP contribution in [-0.4, -0.2) is 43.0 Å². The second-order valence-corrected chi connectivity index (χ2v) is 4.33. The fourth-order valence-electron chi connectivity index (χ4n) is 1.47. The minimum absolute atomic E-state index is 0.183. The summed E-state index contributed by atoms with van der Waals surface area (Å²) in [5.74, 6) is 1.00. The highest BCUT2D eigenvalue weighted by molar-refractivity contribution is 5.25. The number of hydrogen-bond acceptors (Lipinski definition) is 9. The summed E-state index contributed by atoms with van der Waals surface area (Å²) in [5, 5.41) is 3.24. The minimum atomic E-state index is -0.802. The molecule has 2 rings (SSSR count). The molecule has 23 heavy (non-hydrogen) atoms. The molecule has 12 nitrogen and oxygen atoms in total. The van der Waals surface area contributed by atoms with Gasteiger partial charge in [-0.05, 0) is 13.0 Å². The van der Waals surface area contributed by atoms with Gasteiger partial charge in [0.1, 0.15) is 5.82 Å². The third-order valence-electron chi connectivity index (χ3n) is 2.35. The Kier molecular flexibility index (Phi) is 7.13. The third kappa shape index (κ3) is 7.52. The monoisotopic (exact) mass is 325 g/mol. The van der Waals surface area contributed by atoms with Gasteiger partial charge in [-0.3, -0.25) is 15.0 Å². The van der Waals surface area contributed by atoms with Crippen LogP contribution in [0.3, 0.4) is 0 Å². The topological polar surface area (TPSA) is 201 Å². The maximum Gasteiger partial charge on any atom is 0.330 e. The maximum atomic E-state index is 10.2. The summed E-state index contributed by atoms with van der Waals surface area (Å²) >= 11 is 0. The van der Waals surface area contributed by atoms with E-state index in [1.807, 2.05) is 0 Å². The second kappa shape index (κ2) is 9.09. The van der Waals surface area contributed by atoms with Gasteiger partial charge in [-0.2, -0.15) is 15.0 Å². The maximum absolute atomic E-state index is 10.2. The normalized spacial score (nSPS) is 9.96. The molecule has 0 bridgehead atoms. The van der Waals surface area contributed by atoms with Crippen LogP contribution in [0, 0.1) is 0 Å². The van der Waals surface area contributed by atoms with Crippen molar-refractivity contribution in [2.75, 3.05) is 24.6 Å². The molecule has 2 aromatic rings. The Labute approximate surface area is 129 Å². The largest absolute Gasteiger partial charge is 0.368 e. The Morgan fingerprint density at radius 1 is 0.870 bits per heavy atom. The number of nitrogens with one attached hydrogen (secondary N) is 4. The highest BCUT2D eigenvalue weighted by atomic mass is 16.2. The molecule has 0 spiro atoms. The van der Waals surface area contributed by atoms with Gasteiger partial charge in [0.15, 0.2) is 0 Å². The molecule has 0 aromatic carbocycles. The van der Waals surface area contributed by atoms with Crippen molar-refractivity contribution in [1.29, 1.82) is 0 Å². The Morgan fingerprint density at radius 3 is 1.78 bits per heavy atom. The molecule has 0 saturated carbocycles. The molecule has 0 aliphatic rings. The summed E-state index contributed by atoms with van der Waals surface area (Å²) < 4.78 is 0. The molecule has 2 heterocycles. The van der Waals surface area contributed by atoms with Crippen LogP contribution in [0.1, 0.15) is 19.2 Å². The average molecular weight is 325 g/mol. The molecule has 12 heteroatoms. The Balaban J connectivity index is 0.000000253. The fraction of sp³-hybridized carbons (Fsp3) is 0.455. The lowest BCUT2D eigenvalue weighted by atomic mass is 10.4. The van der Waals surface area contributed by atoms with Crippen molar-refractivity contribution in [3.05, 3.63) is 37.3 Å².